The Kier molecular flexibility index (Phi) is 2.91. The maximum Gasteiger partial charge on any atom is 0.172 e. The number of hydrogen-bond acceptors (Lipinski definition) is 2. The van der Waals surface area contributed by atoms with Crippen LogP contribution in [0.3, 0.4) is 0 Å². The molecule has 0 aromatic rings. The smallest absolute Gasteiger partial charge is 0.172 e. The van der Waals surface area contributed by atoms with Gasteiger partial charge in [0, 0.05) is 12.3 Å². The van der Waals surface area contributed by atoms with E-state index in [-0.39, 0.29) is 11.9 Å². The maximum atomic E-state index is 6.36. The largest absolute Gasteiger partial charge is 0.347 e. The third-order valence-electron chi connectivity index (χ3n) is 6.87. The minimum Gasteiger partial charge on any atom is -0.347 e. The molecule has 2 heteroatoms. The summed E-state index contributed by atoms with van der Waals surface area (Å²) in [5.74, 6) is 1.70. The molecule has 3 aliphatic rings. The van der Waals surface area contributed by atoms with Crippen LogP contribution in [-0.2, 0) is 9.47 Å². The van der Waals surface area contributed by atoms with Crippen molar-refractivity contribution in [2.45, 2.75) is 72.7 Å². The second-order valence-corrected chi connectivity index (χ2v) is 8.39. The summed E-state index contributed by atoms with van der Waals surface area (Å²) in [5, 5.41) is 0. The molecule has 1 saturated heterocycles. The predicted molar refractivity (Wildman–Crippen MR) is 76.8 cm³/mol. The van der Waals surface area contributed by atoms with Crippen LogP contribution in [0.5, 0.6) is 0 Å². The zero-order valence-corrected chi connectivity index (χ0v) is 13.5. The Morgan fingerprint density at radius 1 is 1.00 bits per heavy atom. The summed E-state index contributed by atoms with van der Waals surface area (Å²) in [7, 11) is 0. The lowest BCUT2D eigenvalue weighted by Gasteiger charge is -2.48. The molecule has 0 bridgehead atoms. The molecular weight excluding hydrogens is 236 g/mol. The van der Waals surface area contributed by atoms with E-state index in [0.717, 1.165) is 18.9 Å². The van der Waals surface area contributed by atoms with Gasteiger partial charge in [0.05, 0.1) is 12.7 Å². The Labute approximate surface area is 118 Å². The first-order chi connectivity index (χ1) is 8.72. The second kappa shape index (κ2) is 3.98. The molecule has 3 fully saturated rings. The topological polar surface area (TPSA) is 18.5 Å². The van der Waals surface area contributed by atoms with Gasteiger partial charge in [0.2, 0.25) is 0 Å². The fourth-order valence-electron chi connectivity index (χ4n) is 5.59. The third kappa shape index (κ3) is 1.68. The molecule has 0 amide bonds. The number of rotatable bonds is 0. The van der Waals surface area contributed by atoms with Gasteiger partial charge in [0.1, 0.15) is 0 Å². The standard InChI is InChI=1S/C17H30O2/c1-11-10-18-17(19-11)9-7-8-13-14(17)16(5,6)12(2)15(13,3)4/h11-14H,7-10H2,1-6H3. The first-order valence-electron chi connectivity index (χ1n) is 8.03. The van der Waals surface area contributed by atoms with Gasteiger partial charge in [-0.25, -0.2) is 0 Å². The van der Waals surface area contributed by atoms with Crippen molar-refractivity contribution in [3.8, 4) is 0 Å². The van der Waals surface area contributed by atoms with Gasteiger partial charge in [0.25, 0.3) is 0 Å². The molecule has 1 heterocycles. The van der Waals surface area contributed by atoms with Crippen LogP contribution >= 0.6 is 0 Å². The SMILES string of the molecule is CC1COC2(CCCC3C2C(C)(C)C(C)C3(C)C)O1. The lowest BCUT2D eigenvalue weighted by atomic mass is 9.65. The summed E-state index contributed by atoms with van der Waals surface area (Å²) in [6.45, 7) is 15.1. The van der Waals surface area contributed by atoms with E-state index in [4.69, 9.17) is 9.47 Å². The Morgan fingerprint density at radius 3 is 2.26 bits per heavy atom. The van der Waals surface area contributed by atoms with Crippen LogP contribution in [0.15, 0.2) is 0 Å². The monoisotopic (exact) mass is 266 g/mol. The van der Waals surface area contributed by atoms with Crippen LogP contribution in [0.25, 0.3) is 0 Å². The third-order valence-corrected chi connectivity index (χ3v) is 6.87. The maximum absolute atomic E-state index is 6.36. The Bertz CT molecular complexity index is 369. The molecule has 0 N–H and O–H groups in total. The van der Waals surface area contributed by atoms with E-state index in [2.05, 4.69) is 41.5 Å². The predicted octanol–water partition coefficient (Wildman–Crippen LogP) is 4.24. The molecule has 2 saturated carbocycles. The highest BCUT2D eigenvalue weighted by atomic mass is 16.7. The number of ether oxygens (including phenoxy) is 2. The van der Waals surface area contributed by atoms with E-state index >= 15 is 0 Å². The average molecular weight is 266 g/mol. The first kappa shape index (κ1) is 13.9. The van der Waals surface area contributed by atoms with Crippen molar-refractivity contribution in [3.63, 3.8) is 0 Å². The van der Waals surface area contributed by atoms with Crippen LogP contribution in [0.1, 0.15) is 60.8 Å². The van der Waals surface area contributed by atoms with Crippen molar-refractivity contribution in [2.24, 2.45) is 28.6 Å². The summed E-state index contributed by atoms with van der Waals surface area (Å²) >= 11 is 0. The van der Waals surface area contributed by atoms with Gasteiger partial charge in [-0.15, -0.1) is 0 Å². The zero-order valence-electron chi connectivity index (χ0n) is 13.5. The van der Waals surface area contributed by atoms with E-state index in [1.165, 1.54) is 12.8 Å². The first-order valence-corrected chi connectivity index (χ1v) is 8.03. The lowest BCUT2D eigenvalue weighted by Crippen LogP contribution is -2.50. The summed E-state index contributed by atoms with van der Waals surface area (Å²) in [6, 6.07) is 0. The van der Waals surface area contributed by atoms with Crippen LogP contribution in [-0.4, -0.2) is 18.5 Å². The van der Waals surface area contributed by atoms with Crippen molar-refractivity contribution < 1.29 is 9.47 Å². The van der Waals surface area contributed by atoms with Crippen LogP contribution in [0.4, 0.5) is 0 Å². The molecule has 3 rings (SSSR count). The van der Waals surface area contributed by atoms with E-state index in [1.807, 2.05) is 0 Å². The number of hydrogen-bond donors (Lipinski definition) is 0. The Balaban J connectivity index is 2.04. The van der Waals surface area contributed by atoms with E-state index in [9.17, 15) is 0 Å². The summed E-state index contributed by atoms with van der Waals surface area (Å²) in [5.41, 5.74) is 0.679. The minimum absolute atomic E-state index is 0.258. The Hall–Kier alpha value is -0.0800. The molecule has 0 aromatic carbocycles. The molecule has 0 aromatic heterocycles. The fourth-order valence-corrected chi connectivity index (χ4v) is 5.59. The van der Waals surface area contributed by atoms with Gasteiger partial charge in [-0.3, -0.25) is 0 Å². The molecule has 110 valence electrons. The molecule has 2 aliphatic carbocycles. The van der Waals surface area contributed by atoms with Crippen molar-refractivity contribution >= 4 is 0 Å². The highest BCUT2D eigenvalue weighted by Crippen LogP contribution is 2.68. The lowest BCUT2D eigenvalue weighted by molar-refractivity contribution is -0.250. The van der Waals surface area contributed by atoms with Gasteiger partial charge in [-0.1, -0.05) is 34.6 Å². The quantitative estimate of drug-likeness (QED) is 0.653. The fraction of sp³-hybridized carbons (Fsp3) is 1.00. The van der Waals surface area contributed by atoms with Gasteiger partial charge < -0.3 is 9.47 Å². The van der Waals surface area contributed by atoms with Crippen molar-refractivity contribution in [1.82, 2.24) is 0 Å². The van der Waals surface area contributed by atoms with Crippen molar-refractivity contribution in [3.05, 3.63) is 0 Å². The molecule has 1 spiro atoms. The molecule has 2 nitrogen and oxygen atoms in total. The molecule has 0 radical (unpaired) electrons. The summed E-state index contributed by atoms with van der Waals surface area (Å²) in [6.07, 6.45) is 3.94. The van der Waals surface area contributed by atoms with Crippen molar-refractivity contribution in [1.29, 1.82) is 0 Å². The van der Waals surface area contributed by atoms with E-state index in [1.54, 1.807) is 0 Å². The van der Waals surface area contributed by atoms with E-state index < -0.39 is 0 Å². The molecule has 1 aliphatic heterocycles. The average Bonchev–Trinajstić information content (AvgIpc) is 2.74. The normalized spacial score (nSPS) is 51.5. The Morgan fingerprint density at radius 2 is 1.68 bits per heavy atom. The van der Waals surface area contributed by atoms with Gasteiger partial charge in [-0.05, 0) is 42.4 Å². The van der Waals surface area contributed by atoms with Gasteiger partial charge in [-0.2, -0.15) is 0 Å². The van der Waals surface area contributed by atoms with Crippen LogP contribution < -0.4 is 0 Å². The second-order valence-electron chi connectivity index (χ2n) is 8.39. The number of fused-ring (bicyclic) bond motifs is 2. The van der Waals surface area contributed by atoms with Crippen LogP contribution in [0, 0.1) is 28.6 Å². The minimum atomic E-state index is -0.284. The van der Waals surface area contributed by atoms with Crippen molar-refractivity contribution in [2.75, 3.05) is 6.61 Å². The highest BCUT2D eigenvalue weighted by molar-refractivity contribution is 5.12. The molecule has 5 atom stereocenters. The molecule has 19 heavy (non-hydrogen) atoms. The van der Waals surface area contributed by atoms with E-state index in [0.29, 0.717) is 22.7 Å². The summed E-state index contributed by atoms with van der Waals surface area (Å²) < 4.78 is 12.6. The molecular formula is C17H30O2. The van der Waals surface area contributed by atoms with Gasteiger partial charge >= 0.3 is 0 Å². The summed E-state index contributed by atoms with van der Waals surface area (Å²) in [4.78, 5) is 0. The molecule has 5 unspecified atom stereocenters. The highest BCUT2D eigenvalue weighted by Gasteiger charge is 2.67. The van der Waals surface area contributed by atoms with Crippen LogP contribution in [0.2, 0.25) is 0 Å². The van der Waals surface area contributed by atoms with Gasteiger partial charge in [0.15, 0.2) is 5.79 Å². The zero-order chi connectivity index (χ0) is 14.1.